The van der Waals surface area contributed by atoms with Crippen molar-refractivity contribution in [2.45, 2.75) is 25.9 Å². The molecule has 2 amide bonds. The van der Waals surface area contributed by atoms with Gasteiger partial charge in [-0.1, -0.05) is 59.6 Å². The fourth-order valence-electron chi connectivity index (χ4n) is 3.44. The molecule has 0 saturated carbocycles. The highest BCUT2D eigenvalue weighted by Crippen LogP contribution is 2.24. The summed E-state index contributed by atoms with van der Waals surface area (Å²) in [6.45, 7) is 2.04. The predicted octanol–water partition coefficient (Wildman–Crippen LogP) is 5.29. The van der Waals surface area contributed by atoms with Crippen molar-refractivity contribution in [1.82, 2.24) is 10.2 Å². The predicted molar refractivity (Wildman–Crippen MR) is 132 cm³/mol. The molecule has 0 saturated heterocycles. The third-order valence-electron chi connectivity index (χ3n) is 5.13. The molecule has 178 valence electrons. The number of rotatable bonds is 10. The van der Waals surface area contributed by atoms with E-state index in [1.54, 1.807) is 18.2 Å². The highest BCUT2D eigenvalue weighted by Gasteiger charge is 2.30. The van der Waals surface area contributed by atoms with Gasteiger partial charge < -0.3 is 15.0 Å². The smallest absolute Gasteiger partial charge is 0.261 e. The number of carbonyl (C=O) groups is 2. The third-order valence-corrected chi connectivity index (χ3v) is 5.87. The van der Waals surface area contributed by atoms with E-state index in [2.05, 4.69) is 5.32 Å². The molecule has 0 heterocycles. The number of carbonyl (C=O) groups excluding carboxylic acids is 2. The second-order valence-corrected chi connectivity index (χ2v) is 8.43. The number of hydrogen-bond donors (Lipinski definition) is 1. The van der Waals surface area contributed by atoms with Crippen LogP contribution in [-0.4, -0.2) is 35.9 Å². The molecule has 8 heteroatoms. The van der Waals surface area contributed by atoms with Crippen LogP contribution in [0.4, 0.5) is 4.39 Å². The molecule has 1 atom stereocenters. The molecular formula is C26H25Cl2FN2O3. The number of nitrogens with one attached hydrogen (secondary N) is 1. The number of benzene rings is 3. The minimum Gasteiger partial charge on any atom is -0.484 e. The summed E-state index contributed by atoms with van der Waals surface area (Å²) in [7, 11) is 0. The number of ether oxygens (including phenoxy) is 1. The van der Waals surface area contributed by atoms with Crippen LogP contribution in [0.1, 0.15) is 18.1 Å². The largest absolute Gasteiger partial charge is 0.484 e. The Bertz CT molecular complexity index is 1110. The van der Waals surface area contributed by atoms with Crippen molar-refractivity contribution < 1.29 is 18.7 Å². The average molecular weight is 503 g/mol. The van der Waals surface area contributed by atoms with Gasteiger partial charge in [-0.25, -0.2) is 4.39 Å². The number of halogens is 3. The van der Waals surface area contributed by atoms with Gasteiger partial charge in [-0.2, -0.15) is 0 Å². The molecule has 0 aliphatic heterocycles. The summed E-state index contributed by atoms with van der Waals surface area (Å²) in [5, 5.41) is 3.57. The molecule has 5 nitrogen and oxygen atoms in total. The maximum absolute atomic E-state index is 13.4. The van der Waals surface area contributed by atoms with E-state index in [4.69, 9.17) is 27.9 Å². The zero-order chi connectivity index (χ0) is 24.5. The maximum Gasteiger partial charge on any atom is 0.261 e. The maximum atomic E-state index is 13.4. The van der Waals surface area contributed by atoms with E-state index < -0.39 is 17.8 Å². The summed E-state index contributed by atoms with van der Waals surface area (Å²) in [4.78, 5) is 27.9. The molecule has 1 N–H and O–H groups in total. The van der Waals surface area contributed by atoms with Crippen molar-refractivity contribution in [2.75, 3.05) is 13.2 Å². The molecule has 1 unspecified atom stereocenters. The summed E-state index contributed by atoms with van der Waals surface area (Å²) in [6, 6.07) is 19.1. The lowest BCUT2D eigenvalue weighted by atomic mass is 10.0. The zero-order valence-corrected chi connectivity index (χ0v) is 20.2. The summed E-state index contributed by atoms with van der Waals surface area (Å²) in [5.74, 6) is -0.731. The topological polar surface area (TPSA) is 58.6 Å². The Morgan fingerprint density at radius 2 is 1.68 bits per heavy atom. The van der Waals surface area contributed by atoms with Gasteiger partial charge in [0.05, 0.1) is 10.0 Å². The minimum absolute atomic E-state index is 0.122. The lowest BCUT2D eigenvalue weighted by molar-refractivity contribution is -0.142. The number of likely N-dealkylation sites (N-methyl/N-ethyl adjacent to an activating group) is 1. The van der Waals surface area contributed by atoms with Crippen LogP contribution in [0.5, 0.6) is 5.75 Å². The van der Waals surface area contributed by atoms with Crippen molar-refractivity contribution in [3.63, 3.8) is 0 Å². The first-order valence-corrected chi connectivity index (χ1v) is 11.6. The first-order valence-electron chi connectivity index (χ1n) is 10.8. The van der Waals surface area contributed by atoms with Gasteiger partial charge in [0.25, 0.3) is 5.91 Å². The SMILES string of the molecule is CCNC(=O)C(Cc1ccccc1)N(Cc1ccc(Cl)c(Cl)c1)C(=O)COc1ccc(F)cc1. The molecule has 0 radical (unpaired) electrons. The zero-order valence-electron chi connectivity index (χ0n) is 18.6. The molecule has 3 aromatic rings. The molecule has 3 rings (SSSR count). The second-order valence-electron chi connectivity index (χ2n) is 7.61. The van der Waals surface area contributed by atoms with Gasteiger partial charge in [0.1, 0.15) is 17.6 Å². The lowest BCUT2D eigenvalue weighted by Gasteiger charge is -2.31. The van der Waals surface area contributed by atoms with E-state index in [9.17, 15) is 14.0 Å². The van der Waals surface area contributed by atoms with Crippen LogP contribution in [0.15, 0.2) is 72.8 Å². The Morgan fingerprint density at radius 1 is 0.971 bits per heavy atom. The molecule has 34 heavy (non-hydrogen) atoms. The quantitative estimate of drug-likeness (QED) is 0.409. The molecule has 0 fully saturated rings. The van der Waals surface area contributed by atoms with Gasteiger partial charge in [-0.3, -0.25) is 9.59 Å². The summed E-state index contributed by atoms with van der Waals surface area (Å²) < 4.78 is 18.8. The standard InChI is InChI=1S/C26H25Cl2FN2O3/c1-2-30-26(33)24(15-18-6-4-3-5-7-18)31(16-19-8-13-22(27)23(28)14-19)25(32)17-34-21-11-9-20(29)10-12-21/h3-14,24H,2,15-17H2,1H3,(H,30,33). The van der Waals surface area contributed by atoms with Crippen LogP contribution < -0.4 is 10.1 Å². The van der Waals surface area contributed by atoms with Crippen LogP contribution in [0.2, 0.25) is 10.0 Å². The van der Waals surface area contributed by atoms with Gasteiger partial charge in [0, 0.05) is 19.5 Å². The summed E-state index contributed by atoms with van der Waals surface area (Å²) >= 11 is 12.2. The molecular weight excluding hydrogens is 478 g/mol. The third kappa shape index (κ3) is 7.20. The fourth-order valence-corrected chi connectivity index (χ4v) is 3.76. The monoisotopic (exact) mass is 502 g/mol. The van der Waals surface area contributed by atoms with E-state index in [-0.39, 0.29) is 19.1 Å². The van der Waals surface area contributed by atoms with Crippen molar-refractivity contribution in [2.24, 2.45) is 0 Å². The Kier molecular flexibility index (Phi) is 9.31. The molecule has 0 aliphatic carbocycles. The Balaban J connectivity index is 1.90. The van der Waals surface area contributed by atoms with Crippen molar-refractivity contribution in [3.8, 4) is 5.75 Å². The van der Waals surface area contributed by atoms with Crippen molar-refractivity contribution >= 4 is 35.0 Å². The van der Waals surface area contributed by atoms with Crippen LogP contribution in [0, 0.1) is 5.82 Å². The first-order chi connectivity index (χ1) is 16.4. The Morgan fingerprint density at radius 3 is 2.32 bits per heavy atom. The highest BCUT2D eigenvalue weighted by molar-refractivity contribution is 6.42. The Hall–Kier alpha value is -3.09. The van der Waals surface area contributed by atoms with Gasteiger partial charge in [-0.05, 0) is 54.4 Å². The molecule has 3 aromatic carbocycles. The van der Waals surface area contributed by atoms with E-state index in [1.807, 2.05) is 37.3 Å². The first kappa shape index (κ1) is 25.5. The Labute approximate surface area is 208 Å². The van der Waals surface area contributed by atoms with Crippen molar-refractivity contribution in [1.29, 1.82) is 0 Å². The molecule has 0 aromatic heterocycles. The van der Waals surface area contributed by atoms with Crippen LogP contribution in [0.25, 0.3) is 0 Å². The molecule has 0 bridgehead atoms. The van der Waals surface area contributed by atoms with Crippen LogP contribution in [-0.2, 0) is 22.6 Å². The normalized spacial score (nSPS) is 11.5. The van der Waals surface area contributed by atoms with Crippen LogP contribution in [0.3, 0.4) is 0 Å². The van der Waals surface area contributed by atoms with E-state index in [0.717, 1.165) is 5.56 Å². The lowest BCUT2D eigenvalue weighted by Crippen LogP contribution is -2.51. The van der Waals surface area contributed by atoms with Crippen LogP contribution >= 0.6 is 23.2 Å². The van der Waals surface area contributed by atoms with Crippen molar-refractivity contribution in [3.05, 3.63) is 99.8 Å². The van der Waals surface area contributed by atoms with E-state index >= 15 is 0 Å². The summed E-state index contributed by atoms with van der Waals surface area (Å²) in [6.07, 6.45) is 0.316. The highest BCUT2D eigenvalue weighted by atomic mass is 35.5. The fraction of sp³-hybridized carbons (Fsp3) is 0.231. The molecule has 0 aliphatic rings. The van der Waals surface area contributed by atoms with Gasteiger partial charge in [-0.15, -0.1) is 0 Å². The van der Waals surface area contributed by atoms with Gasteiger partial charge >= 0.3 is 0 Å². The van der Waals surface area contributed by atoms with E-state index in [0.29, 0.717) is 34.3 Å². The second kappa shape index (κ2) is 12.4. The number of nitrogens with zero attached hydrogens (tertiary/aromatic N) is 1. The average Bonchev–Trinajstić information content (AvgIpc) is 2.83. The number of hydrogen-bond acceptors (Lipinski definition) is 3. The number of amides is 2. The van der Waals surface area contributed by atoms with Gasteiger partial charge in [0.2, 0.25) is 5.91 Å². The molecule has 0 spiro atoms. The minimum atomic E-state index is -0.791. The van der Waals surface area contributed by atoms with Gasteiger partial charge in [0.15, 0.2) is 6.61 Å². The van der Waals surface area contributed by atoms with E-state index in [1.165, 1.54) is 29.2 Å². The summed E-state index contributed by atoms with van der Waals surface area (Å²) in [5.41, 5.74) is 1.62.